The lowest BCUT2D eigenvalue weighted by atomic mass is 10.0. The molecule has 0 unspecified atom stereocenters. The van der Waals surface area contributed by atoms with Crippen LogP contribution in [0.25, 0.3) is 5.57 Å². The number of nitrogens with one attached hydrogen (secondary N) is 2. The van der Waals surface area contributed by atoms with Crippen LogP contribution in [0.3, 0.4) is 0 Å². The summed E-state index contributed by atoms with van der Waals surface area (Å²) in [4.78, 5) is 37.6. The maximum atomic E-state index is 12.7. The van der Waals surface area contributed by atoms with Gasteiger partial charge in [-0.25, -0.2) is 0 Å². The first-order valence-corrected chi connectivity index (χ1v) is 8.79. The maximum absolute atomic E-state index is 12.7. The Morgan fingerprint density at radius 1 is 0.897 bits per heavy atom. The fourth-order valence-corrected chi connectivity index (χ4v) is 3.00. The molecule has 0 fully saturated rings. The van der Waals surface area contributed by atoms with Crippen molar-refractivity contribution in [3.63, 3.8) is 0 Å². The first kappa shape index (κ1) is 19.9. The first-order chi connectivity index (χ1) is 13.8. The van der Waals surface area contributed by atoms with E-state index in [0.29, 0.717) is 28.4 Å². The summed E-state index contributed by atoms with van der Waals surface area (Å²) < 4.78 is 10.5. The van der Waals surface area contributed by atoms with Crippen molar-refractivity contribution in [2.45, 2.75) is 6.92 Å². The van der Waals surface area contributed by atoms with Gasteiger partial charge in [0.2, 0.25) is 5.91 Å². The molecule has 3 amide bonds. The van der Waals surface area contributed by atoms with Gasteiger partial charge in [-0.2, -0.15) is 0 Å². The molecule has 2 aromatic rings. The molecule has 0 spiro atoms. The zero-order chi connectivity index (χ0) is 21.1. The number of hydrogen-bond acceptors (Lipinski definition) is 6. The number of imide groups is 1. The van der Waals surface area contributed by atoms with Gasteiger partial charge in [0.05, 0.1) is 19.8 Å². The van der Waals surface area contributed by atoms with E-state index in [0.717, 1.165) is 4.90 Å². The van der Waals surface area contributed by atoms with Crippen molar-refractivity contribution in [1.82, 2.24) is 4.90 Å². The molecule has 1 heterocycles. The van der Waals surface area contributed by atoms with Crippen molar-refractivity contribution in [3.05, 3.63) is 53.7 Å². The SMILES string of the molecule is COc1ccc(C2=C(Nc3ccc(NC(C)=O)cc3)C(=O)N(C)C2=O)cc1OC. The topological polar surface area (TPSA) is 97.0 Å². The molecule has 0 saturated carbocycles. The molecule has 0 bridgehead atoms. The third-order valence-corrected chi connectivity index (χ3v) is 4.43. The molecule has 0 atom stereocenters. The van der Waals surface area contributed by atoms with Crippen LogP contribution in [-0.2, 0) is 14.4 Å². The molecule has 1 aliphatic heterocycles. The molecule has 2 N–H and O–H groups in total. The van der Waals surface area contributed by atoms with E-state index in [2.05, 4.69) is 10.6 Å². The number of anilines is 2. The van der Waals surface area contributed by atoms with Crippen molar-refractivity contribution in [2.75, 3.05) is 31.9 Å². The van der Waals surface area contributed by atoms with E-state index in [1.807, 2.05) is 0 Å². The Kier molecular flexibility index (Phi) is 5.54. The van der Waals surface area contributed by atoms with Gasteiger partial charge in [-0.3, -0.25) is 19.3 Å². The number of methoxy groups -OCH3 is 2. The molecule has 1 aliphatic rings. The van der Waals surface area contributed by atoms with Crippen molar-refractivity contribution in [2.24, 2.45) is 0 Å². The predicted molar refractivity (Wildman–Crippen MR) is 109 cm³/mol. The average molecular weight is 395 g/mol. The van der Waals surface area contributed by atoms with Crippen LogP contribution in [0.1, 0.15) is 12.5 Å². The Hall–Kier alpha value is -3.81. The summed E-state index contributed by atoms with van der Waals surface area (Å²) >= 11 is 0. The second-order valence-electron chi connectivity index (χ2n) is 6.37. The molecule has 0 aromatic heterocycles. The lowest BCUT2D eigenvalue weighted by molar-refractivity contribution is -0.135. The van der Waals surface area contributed by atoms with Crippen LogP contribution in [-0.4, -0.2) is 43.9 Å². The molecule has 8 heteroatoms. The van der Waals surface area contributed by atoms with E-state index in [-0.39, 0.29) is 17.2 Å². The van der Waals surface area contributed by atoms with Gasteiger partial charge in [0.25, 0.3) is 11.8 Å². The molecule has 0 saturated heterocycles. The minimum Gasteiger partial charge on any atom is -0.493 e. The first-order valence-electron chi connectivity index (χ1n) is 8.79. The third kappa shape index (κ3) is 3.91. The number of rotatable bonds is 6. The van der Waals surface area contributed by atoms with E-state index in [9.17, 15) is 14.4 Å². The molecule has 29 heavy (non-hydrogen) atoms. The van der Waals surface area contributed by atoms with E-state index in [4.69, 9.17) is 9.47 Å². The molecule has 2 aromatic carbocycles. The number of ether oxygens (including phenoxy) is 2. The number of likely N-dealkylation sites (N-methyl/N-ethyl adjacent to an activating group) is 1. The number of benzene rings is 2. The highest BCUT2D eigenvalue weighted by molar-refractivity contribution is 6.36. The molecule has 0 radical (unpaired) electrons. The highest BCUT2D eigenvalue weighted by Gasteiger charge is 2.37. The summed E-state index contributed by atoms with van der Waals surface area (Å²) in [7, 11) is 4.45. The monoisotopic (exact) mass is 395 g/mol. The Bertz CT molecular complexity index is 1010. The Balaban J connectivity index is 2.00. The quantitative estimate of drug-likeness (QED) is 0.730. The minimum absolute atomic E-state index is 0.164. The second kappa shape index (κ2) is 8.05. The number of nitrogens with zero attached hydrogens (tertiary/aromatic N) is 1. The summed E-state index contributed by atoms with van der Waals surface area (Å²) in [5.74, 6) is -0.0657. The van der Waals surface area contributed by atoms with Gasteiger partial charge in [-0.15, -0.1) is 0 Å². The second-order valence-corrected chi connectivity index (χ2v) is 6.37. The Morgan fingerprint density at radius 3 is 2.10 bits per heavy atom. The zero-order valence-corrected chi connectivity index (χ0v) is 16.5. The summed E-state index contributed by atoms with van der Waals surface area (Å²) in [6, 6.07) is 11.8. The van der Waals surface area contributed by atoms with Gasteiger partial charge in [-0.05, 0) is 42.0 Å². The van der Waals surface area contributed by atoms with Crippen LogP contribution in [0.5, 0.6) is 11.5 Å². The lowest BCUT2D eigenvalue weighted by Crippen LogP contribution is -2.27. The lowest BCUT2D eigenvalue weighted by Gasteiger charge is -2.11. The molecular weight excluding hydrogens is 374 g/mol. The standard InChI is InChI=1S/C21H21N3O5/c1-12(25)22-14-6-8-15(9-7-14)23-19-18(20(26)24(2)21(19)27)13-5-10-16(28-3)17(11-13)29-4/h5-11,23H,1-4H3,(H,22,25). The van der Waals surface area contributed by atoms with Crippen LogP contribution < -0.4 is 20.1 Å². The third-order valence-electron chi connectivity index (χ3n) is 4.43. The molecule has 0 aliphatic carbocycles. The summed E-state index contributed by atoms with van der Waals surface area (Å²) in [5.41, 5.74) is 2.16. The Morgan fingerprint density at radius 2 is 1.52 bits per heavy atom. The van der Waals surface area contributed by atoms with Gasteiger partial charge >= 0.3 is 0 Å². The van der Waals surface area contributed by atoms with Gasteiger partial charge in [-0.1, -0.05) is 6.07 Å². The van der Waals surface area contributed by atoms with Gasteiger partial charge in [0.1, 0.15) is 5.70 Å². The van der Waals surface area contributed by atoms with E-state index in [1.54, 1.807) is 42.5 Å². The summed E-state index contributed by atoms with van der Waals surface area (Å²) in [6.07, 6.45) is 0. The fraction of sp³-hybridized carbons (Fsp3) is 0.190. The van der Waals surface area contributed by atoms with Crippen LogP contribution in [0, 0.1) is 0 Å². The van der Waals surface area contributed by atoms with Gasteiger partial charge in [0, 0.05) is 25.3 Å². The van der Waals surface area contributed by atoms with E-state index < -0.39 is 11.8 Å². The number of amides is 3. The average Bonchev–Trinajstić information content (AvgIpc) is 2.92. The minimum atomic E-state index is -0.439. The summed E-state index contributed by atoms with van der Waals surface area (Å²) in [6.45, 7) is 1.42. The Labute approximate surface area is 168 Å². The highest BCUT2D eigenvalue weighted by atomic mass is 16.5. The predicted octanol–water partition coefficient (Wildman–Crippen LogP) is 2.48. The van der Waals surface area contributed by atoms with Crippen LogP contribution in [0.4, 0.5) is 11.4 Å². The maximum Gasteiger partial charge on any atom is 0.277 e. The number of carbonyl (C=O) groups excluding carboxylic acids is 3. The largest absolute Gasteiger partial charge is 0.493 e. The number of carbonyl (C=O) groups is 3. The van der Waals surface area contributed by atoms with Crippen LogP contribution in [0.15, 0.2) is 48.2 Å². The van der Waals surface area contributed by atoms with E-state index >= 15 is 0 Å². The fourth-order valence-electron chi connectivity index (χ4n) is 3.00. The highest BCUT2D eigenvalue weighted by Crippen LogP contribution is 2.35. The molecule has 8 nitrogen and oxygen atoms in total. The van der Waals surface area contributed by atoms with Gasteiger partial charge < -0.3 is 20.1 Å². The van der Waals surface area contributed by atoms with Crippen molar-refractivity contribution in [1.29, 1.82) is 0 Å². The molecule has 3 rings (SSSR count). The van der Waals surface area contributed by atoms with Crippen LogP contribution >= 0.6 is 0 Å². The molecular formula is C21H21N3O5. The van der Waals surface area contributed by atoms with Crippen molar-refractivity contribution < 1.29 is 23.9 Å². The van der Waals surface area contributed by atoms with Gasteiger partial charge in [0.15, 0.2) is 11.5 Å². The normalized spacial score (nSPS) is 13.6. The van der Waals surface area contributed by atoms with E-state index in [1.165, 1.54) is 28.2 Å². The van der Waals surface area contributed by atoms with Crippen molar-refractivity contribution >= 4 is 34.7 Å². The molecule has 150 valence electrons. The number of hydrogen-bond donors (Lipinski definition) is 2. The van der Waals surface area contributed by atoms with Crippen molar-refractivity contribution in [3.8, 4) is 11.5 Å². The smallest absolute Gasteiger partial charge is 0.277 e. The zero-order valence-electron chi connectivity index (χ0n) is 16.5. The van der Waals surface area contributed by atoms with Crippen LogP contribution in [0.2, 0.25) is 0 Å². The summed E-state index contributed by atoms with van der Waals surface area (Å²) in [5, 5.41) is 5.70.